The van der Waals surface area contributed by atoms with Crippen LogP contribution in [0.3, 0.4) is 0 Å². The van der Waals surface area contributed by atoms with E-state index in [0.29, 0.717) is 12.0 Å². The number of rotatable bonds is 3. The van der Waals surface area contributed by atoms with Crippen LogP contribution in [0.2, 0.25) is 0 Å². The molecule has 6 nitrogen and oxygen atoms in total. The highest BCUT2D eigenvalue weighted by atomic mass is 32.2. The average Bonchev–Trinajstić information content (AvgIpc) is 2.85. The quantitative estimate of drug-likeness (QED) is 0.790. The maximum atomic E-state index is 13.2. The van der Waals surface area contributed by atoms with Gasteiger partial charge in [-0.15, -0.1) is 0 Å². The second kappa shape index (κ2) is 6.14. The molecule has 7 heteroatoms. The predicted molar refractivity (Wildman–Crippen MR) is 93.4 cm³/mol. The van der Waals surface area contributed by atoms with Gasteiger partial charge in [-0.1, -0.05) is 18.2 Å². The van der Waals surface area contributed by atoms with E-state index in [-0.39, 0.29) is 23.5 Å². The summed E-state index contributed by atoms with van der Waals surface area (Å²) in [6.45, 7) is 1.85. The molecular formula is C17H21N3O3S. The highest BCUT2D eigenvalue weighted by Crippen LogP contribution is 2.24. The first-order valence-corrected chi connectivity index (χ1v) is 9.68. The molecule has 1 fully saturated rings. The Morgan fingerprint density at radius 2 is 1.96 bits per heavy atom. The van der Waals surface area contributed by atoms with Crippen molar-refractivity contribution in [3.63, 3.8) is 0 Å². The Bertz CT molecular complexity index is 893. The zero-order valence-electron chi connectivity index (χ0n) is 14.1. The number of hydrogen-bond donors (Lipinski definition) is 0. The third-order valence-electron chi connectivity index (χ3n) is 4.27. The monoisotopic (exact) mass is 347 g/mol. The van der Waals surface area contributed by atoms with Crippen molar-refractivity contribution < 1.29 is 13.2 Å². The van der Waals surface area contributed by atoms with Crippen molar-refractivity contribution in [2.24, 2.45) is 0 Å². The minimum absolute atomic E-state index is 0.0128. The van der Waals surface area contributed by atoms with Crippen LogP contribution in [0, 0.1) is 6.92 Å². The van der Waals surface area contributed by atoms with E-state index in [2.05, 4.69) is 4.98 Å². The topological polar surface area (TPSA) is 70.6 Å². The second-order valence-electron chi connectivity index (χ2n) is 6.38. The summed E-state index contributed by atoms with van der Waals surface area (Å²) in [4.78, 5) is 17.7. The highest BCUT2D eigenvalue weighted by Gasteiger charge is 2.36. The zero-order chi connectivity index (χ0) is 17.5. The minimum atomic E-state index is -3.07. The molecule has 0 saturated carbocycles. The number of nitrogens with zero attached hydrogens (tertiary/aromatic N) is 3. The highest BCUT2D eigenvalue weighted by molar-refractivity contribution is 7.91. The van der Waals surface area contributed by atoms with Crippen molar-refractivity contribution in [2.45, 2.75) is 19.4 Å². The van der Waals surface area contributed by atoms with Crippen molar-refractivity contribution in [2.75, 3.05) is 25.6 Å². The Morgan fingerprint density at radius 1 is 1.25 bits per heavy atom. The van der Waals surface area contributed by atoms with Crippen LogP contribution in [-0.4, -0.2) is 61.0 Å². The number of benzene rings is 1. The van der Waals surface area contributed by atoms with Gasteiger partial charge in [0.15, 0.2) is 9.84 Å². The van der Waals surface area contributed by atoms with E-state index in [1.54, 1.807) is 30.2 Å². The van der Waals surface area contributed by atoms with E-state index in [0.717, 1.165) is 16.6 Å². The first-order valence-electron chi connectivity index (χ1n) is 7.86. The van der Waals surface area contributed by atoms with Crippen molar-refractivity contribution in [3.8, 4) is 0 Å². The SMILES string of the molecule is Cc1cc(C(=O)N([C@@H]2CCS(=O)(=O)C2)N(C)C)c2ccccc2n1. The molecule has 0 unspecified atom stereocenters. The van der Waals surface area contributed by atoms with Gasteiger partial charge >= 0.3 is 0 Å². The number of aromatic nitrogens is 1. The fraction of sp³-hybridized carbons (Fsp3) is 0.412. The Kier molecular flexibility index (Phi) is 4.31. The van der Waals surface area contributed by atoms with E-state index in [1.165, 1.54) is 0 Å². The van der Waals surface area contributed by atoms with Crippen LogP contribution in [0.5, 0.6) is 0 Å². The lowest BCUT2D eigenvalue weighted by molar-refractivity contribution is 0.00118. The Labute approximate surface area is 142 Å². The van der Waals surface area contributed by atoms with Gasteiger partial charge in [0, 0.05) is 25.2 Å². The molecule has 1 aliphatic rings. The van der Waals surface area contributed by atoms with E-state index < -0.39 is 9.84 Å². The van der Waals surface area contributed by atoms with Gasteiger partial charge in [0.25, 0.3) is 5.91 Å². The fourth-order valence-corrected chi connectivity index (χ4v) is 4.94. The number of pyridine rings is 1. The number of carbonyl (C=O) groups excluding carboxylic acids is 1. The van der Waals surface area contributed by atoms with E-state index in [1.807, 2.05) is 31.2 Å². The van der Waals surface area contributed by atoms with Gasteiger partial charge in [-0.3, -0.25) is 14.8 Å². The molecule has 1 amide bonds. The normalized spacial score (nSPS) is 19.8. The lowest BCUT2D eigenvalue weighted by atomic mass is 10.1. The molecule has 1 aromatic heterocycles. The van der Waals surface area contributed by atoms with E-state index in [9.17, 15) is 13.2 Å². The first-order chi connectivity index (χ1) is 11.3. The standard InChI is InChI=1S/C17H21N3O3S/c1-12-10-15(14-6-4-5-7-16(14)18-12)17(21)20(19(2)3)13-8-9-24(22,23)11-13/h4-7,10,13H,8-9,11H2,1-3H3/t13-/m1/s1. The zero-order valence-corrected chi connectivity index (χ0v) is 14.9. The van der Waals surface area contributed by atoms with Crippen LogP contribution in [0.4, 0.5) is 0 Å². The summed E-state index contributed by atoms with van der Waals surface area (Å²) >= 11 is 0. The van der Waals surface area contributed by atoms with E-state index >= 15 is 0 Å². The number of carbonyl (C=O) groups is 1. The van der Waals surface area contributed by atoms with Crippen molar-refractivity contribution in [3.05, 3.63) is 41.6 Å². The predicted octanol–water partition coefficient (Wildman–Crippen LogP) is 1.65. The van der Waals surface area contributed by atoms with Crippen molar-refractivity contribution in [1.82, 2.24) is 15.0 Å². The molecule has 1 aliphatic heterocycles. The molecule has 0 aliphatic carbocycles. The number of sulfone groups is 1. The van der Waals surface area contributed by atoms with E-state index in [4.69, 9.17) is 0 Å². The number of para-hydroxylation sites is 1. The second-order valence-corrected chi connectivity index (χ2v) is 8.61. The summed E-state index contributed by atoms with van der Waals surface area (Å²) in [5.41, 5.74) is 2.07. The van der Waals surface area contributed by atoms with Crippen LogP contribution in [0.1, 0.15) is 22.5 Å². The van der Waals surface area contributed by atoms with Crippen LogP contribution >= 0.6 is 0 Å². The summed E-state index contributed by atoms with van der Waals surface area (Å²) < 4.78 is 23.7. The molecule has 2 heterocycles. The van der Waals surface area contributed by atoms with Gasteiger partial charge < -0.3 is 0 Å². The van der Waals surface area contributed by atoms with Gasteiger partial charge in [0.05, 0.1) is 28.6 Å². The molecule has 0 bridgehead atoms. The van der Waals surface area contributed by atoms with Gasteiger partial charge in [0.1, 0.15) is 0 Å². The van der Waals surface area contributed by atoms with Crippen LogP contribution in [-0.2, 0) is 9.84 Å². The molecule has 0 radical (unpaired) electrons. The number of hydrazine groups is 1. The van der Waals surface area contributed by atoms with Gasteiger partial charge in [-0.25, -0.2) is 13.4 Å². The van der Waals surface area contributed by atoms with Crippen molar-refractivity contribution in [1.29, 1.82) is 0 Å². The number of amides is 1. The van der Waals surface area contributed by atoms with Crippen LogP contribution in [0.25, 0.3) is 10.9 Å². The molecule has 0 spiro atoms. The molecule has 24 heavy (non-hydrogen) atoms. The summed E-state index contributed by atoms with van der Waals surface area (Å²) in [6.07, 6.45) is 0.467. The minimum Gasteiger partial charge on any atom is -0.268 e. The molecule has 0 N–H and O–H groups in total. The number of hydrogen-bond acceptors (Lipinski definition) is 5. The molecule has 1 saturated heterocycles. The summed E-state index contributed by atoms with van der Waals surface area (Å²) in [5.74, 6) is -0.0477. The summed E-state index contributed by atoms with van der Waals surface area (Å²) in [7, 11) is 0.453. The molecule has 128 valence electrons. The van der Waals surface area contributed by atoms with Gasteiger partial charge in [-0.2, -0.15) is 0 Å². The maximum absolute atomic E-state index is 13.2. The molecule has 1 atom stereocenters. The third-order valence-corrected chi connectivity index (χ3v) is 6.02. The Balaban J connectivity index is 2.06. The smallest absolute Gasteiger partial charge is 0.268 e. The molecular weight excluding hydrogens is 326 g/mol. The lowest BCUT2D eigenvalue weighted by Gasteiger charge is -2.34. The lowest BCUT2D eigenvalue weighted by Crippen LogP contribution is -2.49. The number of aryl methyl sites for hydroxylation is 1. The Hall–Kier alpha value is -1.99. The number of fused-ring (bicyclic) bond motifs is 1. The van der Waals surface area contributed by atoms with Crippen LogP contribution < -0.4 is 0 Å². The van der Waals surface area contributed by atoms with Gasteiger partial charge in [0.2, 0.25) is 0 Å². The van der Waals surface area contributed by atoms with Gasteiger partial charge in [-0.05, 0) is 25.5 Å². The van der Waals surface area contributed by atoms with Crippen molar-refractivity contribution >= 4 is 26.6 Å². The maximum Gasteiger partial charge on any atom is 0.269 e. The largest absolute Gasteiger partial charge is 0.269 e. The Morgan fingerprint density at radius 3 is 2.58 bits per heavy atom. The summed E-state index contributed by atoms with van der Waals surface area (Å²) in [6, 6.07) is 8.94. The fourth-order valence-electron chi connectivity index (χ4n) is 3.25. The first kappa shape index (κ1) is 16.9. The third kappa shape index (κ3) is 3.14. The molecule has 2 aromatic rings. The summed E-state index contributed by atoms with van der Waals surface area (Å²) in [5, 5.41) is 4.02. The average molecular weight is 347 g/mol. The molecule has 1 aromatic carbocycles. The molecule has 3 rings (SSSR count). The van der Waals surface area contributed by atoms with Crippen LogP contribution in [0.15, 0.2) is 30.3 Å².